The second-order valence-electron chi connectivity index (χ2n) is 4.05. The van der Waals surface area contributed by atoms with E-state index in [-0.39, 0.29) is 0 Å². The largest absolute Gasteiger partial charge is 0.298 e. The lowest BCUT2D eigenvalue weighted by Gasteiger charge is -2.04. The summed E-state index contributed by atoms with van der Waals surface area (Å²) in [6, 6.07) is 9.66. The molecule has 19 heavy (non-hydrogen) atoms. The molecule has 2 heterocycles. The average molecular weight is 286 g/mol. The maximum Gasteiger partial charge on any atom is 0.156 e. The van der Waals surface area contributed by atoms with E-state index >= 15 is 0 Å². The van der Waals surface area contributed by atoms with E-state index in [0.29, 0.717) is 10.6 Å². The van der Waals surface area contributed by atoms with E-state index in [9.17, 15) is 4.79 Å². The number of aryl methyl sites for hydroxylation is 1. The standard InChI is InChI=1S/C14H10N2OS2/c1-9-8-18-14(15-9)19-13-11(7-17)6-10-4-2-3-5-12(10)16-13/h2-8H,1H3. The van der Waals surface area contributed by atoms with Crippen LogP contribution in [0.15, 0.2) is 45.1 Å². The van der Waals surface area contributed by atoms with Crippen LogP contribution in [-0.4, -0.2) is 16.3 Å². The van der Waals surface area contributed by atoms with Crippen molar-refractivity contribution in [3.63, 3.8) is 0 Å². The van der Waals surface area contributed by atoms with Gasteiger partial charge in [-0.15, -0.1) is 11.3 Å². The molecule has 5 heteroatoms. The molecule has 0 aliphatic rings. The highest BCUT2D eigenvalue weighted by Crippen LogP contribution is 2.32. The third-order valence-electron chi connectivity index (χ3n) is 2.63. The minimum Gasteiger partial charge on any atom is -0.298 e. The van der Waals surface area contributed by atoms with Gasteiger partial charge in [0.1, 0.15) is 5.03 Å². The molecule has 2 aromatic heterocycles. The summed E-state index contributed by atoms with van der Waals surface area (Å²) in [5.41, 5.74) is 2.49. The fourth-order valence-electron chi connectivity index (χ4n) is 1.74. The van der Waals surface area contributed by atoms with Crippen LogP contribution in [-0.2, 0) is 0 Å². The zero-order chi connectivity index (χ0) is 13.2. The summed E-state index contributed by atoms with van der Waals surface area (Å²) < 4.78 is 0.906. The van der Waals surface area contributed by atoms with Gasteiger partial charge < -0.3 is 0 Å². The first-order valence-corrected chi connectivity index (χ1v) is 7.41. The van der Waals surface area contributed by atoms with E-state index in [1.54, 1.807) is 11.3 Å². The van der Waals surface area contributed by atoms with Gasteiger partial charge in [-0.3, -0.25) is 4.79 Å². The Hall–Kier alpha value is -1.72. The number of aromatic nitrogens is 2. The van der Waals surface area contributed by atoms with Crippen LogP contribution in [0.3, 0.4) is 0 Å². The van der Waals surface area contributed by atoms with Gasteiger partial charge in [-0.05, 0) is 30.8 Å². The minimum atomic E-state index is 0.608. The SMILES string of the molecule is Cc1csc(Sc2nc3ccccc3cc2C=O)n1. The van der Waals surface area contributed by atoms with Gasteiger partial charge >= 0.3 is 0 Å². The molecular weight excluding hydrogens is 276 g/mol. The summed E-state index contributed by atoms with van der Waals surface area (Å²) >= 11 is 3.00. The number of fused-ring (bicyclic) bond motifs is 1. The van der Waals surface area contributed by atoms with Crippen LogP contribution in [0.5, 0.6) is 0 Å². The highest BCUT2D eigenvalue weighted by molar-refractivity contribution is 8.01. The maximum absolute atomic E-state index is 11.2. The fraction of sp³-hybridized carbons (Fsp3) is 0.0714. The van der Waals surface area contributed by atoms with E-state index < -0.39 is 0 Å². The van der Waals surface area contributed by atoms with E-state index in [2.05, 4.69) is 9.97 Å². The monoisotopic (exact) mass is 286 g/mol. The van der Waals surface area contributed by atoms with Gasteiger partial charge in [0.25, 0.3) is 0 Å². The Labute approximate surface area is 118 Å². The lowest BCUT2D eigenvalue weighted by molar-refractivity contribution is 0.112. The van der Waals surface area contributed by atoms with Gasteiger partial charge in [0, 0.05) is 22.0 Å². The van der Waals surface area contributed by atoms with Crippen LogP contribution >= 0.6 is 23.1 Å². The van der Waals surface area contributed by atoms with Crippen LogP contribution in [0.25, 0.3) is 10.9 Å². The molecule has 1 aromatic carbocycles. The van der Waals surface area contributed by atoms with Crippen LogP contribution in [0.4, 0.5) is 0 Å². The Kier molecular flexibility index (Phi) is 3.31. The molecule has 0 N–H and O–H groups in total. The molecule has 0 aliphatic heterocycles. The fourth-order valence-corrected chi connectivity index (χ4v) is 3.56. The van der Waals surface area contributed by atoms with Crippen molar-refractivity contribution in [2.75, 3.05) is 0 Å². The van der Waals surface area contributed by atoms with Gasteiger partial charge in [-0.1, -0.05) is 18.2 Å². The zero-order valence-corrected chi connectivity index (χ0v) is 11.8. The van der Waals surface area contributed by atoms with Crippen molar-refractivity contribution in [1.82, 2.24) is 9.97 Å². The van der Waals surface area contributed by atoms with E-state index in [1.165, 1.54) is 11.8 Å². The van der Waals surface area contributed by atoms with Crippen LogP contribution in [0.1, 0.15) is 16.1 Å². The second kappa shape index (κ2) is 5.11. The quantitative estimate of drug-likeness (QED) is 0.683. The molecule has 0 radical (unpaired) electrons. The molecule has 0 amide bonds. The first kappa shape index (κ1) is 12.3. The Morgan fingerprint density at radius 1 is 1.26 bits per heavy atom. The summed E-state index contributed by atoms with van der Waals surface area (Å²) in [5, 5.41) is 3.68. The summed E-state index contributed by atoms with van der Waals surface area (Å²) in [5.74, 6) is 0. The Morgan fingerprint density at radius 2 is 2.11 bits per heavy atom. The second-order valence-corrected chi connectivity index (χ2v) is 6.14. The number of hydrogen-bond donors (Lipinski definition) is 0. The van der Waals surface area contributed by atoms with Crippen LogP contribution < -0.4 is 0 Å². The number of carbonyl (C=O) groups excluding carboxylic acids is 1. The third-order valence-corrected chi connectivity index (χ3v) is 4.70. The number of pyridine rings is 1. The van der Waals surface area contributed by atoms with Crippen molar-refractivity contribution in [3.8, 4) is 0 Å². The van der Waals surface area contributed by atoms with Crippen molar-refractivity contribution in [3.05, 3.63) is 47.0 Å². The van der Waals surface area contributed by atoms with Crippen molar-refractivity contribution in [2.45, 2.75) is 16.3 Å². The van der Waals surface area contributed by atoms with Crippen molar-refractivity contribution in [1.29, 1.82) is 0 Å². The molecule has 0 fully saturated rings. The van der Waals surface area contributed by atoms with Crippen LogP contribution in [0, 0.1) is 6.92 Å². The molecule has 0 unspecified atom stereocenters. The Bertz CT molecular complexity index is 752. The number of benzene rings is 1. The van der Waals surface area contributed by atoms with E-state index in [1.807, 2.05) is 42.6 Å². The maximum atomic E-state index is 11.2. The number of nitrogens with zero attached hydrogens (tertiary/aromatic N) is 2. The molecule has 0 saturated carbocycles. The molecule has 3 rings (SSSR count). The lowest BCUT2D eigenvalue weighted by Crippen LogP contribution is -1.91. The van der Waals surface area contributed by atoms with Crippen molar-refractivity contribution in [2.24, 2.45) is 0 Å². The number of hydrogen-bond acceptors (Lipinski definition) is 5. The van der Waals surface area contributed by atoms with E-state index in [4.69, 9.17) is 0 Å². The van der Waals surface area contributed by atoms with Gasteiger partial charge in [-0.2, -0.15) is 0 Å². The number of carbonyl (C=O) groups is 1. The Balaban J connectivity index is 2.08. The molecule has 0 spiro atoms. The number of rotatable bonds is 3. The number of thiazole rings is 1. The predicted octanol–water partition coefficient (Wildman–Crippen LogP) is 3.96. The molecule has 0 aliphatic carbocycles. The smallest absolute Gasteiger partial charge is 0.156 e. The van der Waals surface area contributed by atoms with Gasteiger partial charge in [0.05, 0.1) is 5.52 Å². The van der Waals surface area contributed by atoms with Crippen molar-refractivity contribution < 1.29 is 4.79 Å². The highest BCUT2D eigenvalue weighted by atomic mass is 32.2. The molecule has 0 saturated heterocycles. The topological polar surface area (TPSA) is 42.9 Å². The normalized spacial score (nSPS) is 10.8. The van der Waals surface area contributed by atoms with Gasteiger partial charge in [0.2, 0.25) is 0 Å². The average Bonchev–Trinajstić information content (AvgIpc) is 2.83. The van der Waals surface area contributed by atoms with Gasteiger partial charge in [0.15, 0.2) is 10.6 Å². The molecule has 0 bridgehead atoms. The summed E-state index contributed by atoms with van der Waals surface area (Å²) in [7, 11) is 0. The third kappa shape index (κ3) is 2.52. The Morgan fingerprint density at radius 3 is 2.84 bits per heavy atom. The number of aldehydes is 1. The van der Waals surface area contributed by atoms with Crippen molar-refractivity contribution >= 4 is 40.3 Å². The van der Waals surface area contributed by atoms with Gasteiger partial charge in [-0.25, -0.2) is 9.97 Å². The summed E-state index contributed by atoms with van der Waals surface area (Å²) in [4.78, 5) is 20.1. The minimum absolute atomic E-state index is 0.608. The zero-order valence-electron chi connectivity index (χ0n) is 10.2. The molecule has 3 aromatic rings. The van der Waals surface area contributed by atoms with Crippen LogP contribution in [0.2, 0.25) is 0 Å². The molecule has 94 valence electrons. The number of para-hydroxylation sites is 1. The summed E-state index contributed by atoms with van der Waals surface area (Å²) in [6.45, 7) is 1.95. The van der Waals surface area contributed by atoms with E-state index in [0.717, 1.165) is 27.2 Å². The first-order valence-electron chi connectivity index (χ1n) is 5.71. The molecular formula is C14H10N2OS2. The highest BCUT2D eigenvalue weighted by Gasteiger charge is 2.10. The first-order chi connectivity index (χ1) is 9.26. The summed E-state index contributed by atoms with van der Waals surface area (Å²) in [6.07, 6.45) is 0.849. The molecule has 3 nitrogen and oxygen atoms in total. The lowest BCUT2D eigenvalue weighted by atomic mass is 10.2. The molecule has 0 atom stereocenters. The predicted molar refractivity (Wildman–Crippen MR) is 78.1 cm³/mol.